The lowest BCUT2D eigenvalue weighted by Gasteiger charge is -2.01. The summed E-state index contributed by atoms with van der Waals surface area (Å²) in [6.07, 6.45) is 3.69. The van der Waals surface area contributed by atoms with Gasteiger partial charge in [-0.1, -0.05) is 0 Å². The maximum absolute atomic E-state index is 5.69. The maximum Gasteiger partial charge on any atom is 0.298 e. The van der Waals surface area contributed by atoms with Crippen molar-refractivity contribution in [2.45, 2.75) is 18.8 Å². The lowest BCUT2D eigenvalue weighted by molar-refractivity contribution is 0.477. The Balaban J connectivity index is 1.50. The van der Waals surface area contributed by atoms with Crippen LogP contribution in [0.4, 0.5) is 0 Å². The fraction of sp³-hybridized carbons (Fsp3) is 0.231. The number of hydrogen-bond donors (Lipinski definition) is 0. The number of benzene rings is 1. The number of rotatable bonds is 4. The molecule has 0 saturated heterocycles. The van der Waals surface area contributed by atoms with Gasteiger partial charge in [-0.2, -0.15) is 9.36 Å². The molecule has 4 rings (SSSR count). The molecule has 0 amide bonds. The first-order chi connectivity index (χ1) is 9.88. The summed E-state index contributed by atoms with van der Waals surface area (Å²) < 4.78 is 15.1. The first-order valence-corrected chi connectivity index (χ1v) is 7.04. The van der Waals surface area contributed by atoms with Gasteiger partial charge in [0.1, 0.15) is 11.6 Å². The molecule has 3 aromatic rings. The van der Waals surface area contributed by atoms with Gasteiger partial charge in [0, 0.05) is 23.0 Å². The molecule has 0 bridgehead atoms. The summed E-state index contributed by atoms with van der Waals surface area (Å²) in [5.74, 6) is 2.66. The highest BCUT2D eigenvalue weighted by Gasteiger charge is 2.28. The van der Waals surface area contributed by atoms with Gasteiger partial charge in [-0.05, 0) is 37.1 Å². The molecule has 1 saturated carbocycles. The van der Waals surface area contributed by atoms with Crippen LogP contribution in [-0.4, -0.2) is 19.6 Å². The second-order valence-corrected chi connectivity index (χ2v) is 5.28. The average Bonchev–Trinajstić information content (AvgIpc) is 3.00. The van der Waals surface area contributed by atoms with Gasteiger partial charge in [0.15, 0.2) is 0 Å². The molecule has 1 aliphatic carbocycles. The van der Waals surface area contributed by atoms with Crippen LogP contribution in [0.15, 0.2) is 35.1 Å². The summed E-state index contributed by atoms with van der Waals surface area (Å²) in [6.45, 7) is 0. The molecule has 2 heterocycles. The Kier molecular flexibility index (Phi) is 2.70. The van der Waals surface area contributed by atoms with Crippen LogP contribution >= 0.6 is 11.5 Å². The number of aromatic nitrogens is 4. The van der Waals surface area contributed by atoms with Crippen molar-refractivity contribution in [1.82, 2.24) is 19.6 Å². The van der Waals surface area contributed by atoms with Gasteiger partial charge in [-0.15, -0.1) is 10.2 Å². The molecule has 2 aromatic heterocycles. The predicted molar refractivity (Wildman–Crippen MR) is 71.7 cm³/mol. The molecule has 1 fully saturated rings. The van der Waals surface area contributed by atoms with E-state index in [0.29, 0.717) is 22.8 Å². The molecule has 0 atom stereocenters. The summed E-state index contributed by atoms with van der Waals surface area (Å²) in [6, 6.07) is 7.42. The van der Waals surface area contributed by atoms with E-state index in [2.05, 4.69) is 19.6 Å². The van der Waals surface area contributed by atoms with E-state index in [1.807, 2.05) is 24.3 Å². The number of ether oxygens (including phenoxy) is 1. The Bertz CT molecular complexity index is 704. The van der Waals surface area contributed by atoms with Crippen molar-refractivity contribution in [3.05, 3.63) is 36.5 Å². The van der Waals surface area contributed by atoms with Crippen molar-refractivity contribution in [2.75, 3.05) is 0 Å². The lowest BCUT2D eigenvalue weighted by atomic mass is 10.2. The molecule has 20 heavy (non-hydrogen) atoms. The second-order valence-electron chi connectivity index (χ2n) is 4.56. The molecule has 6 nitrogen and oxygen atoms in total. The highest BCUT2D eigenvalue weighted by atomic mass is 32.1. The molecule has 0 spiro atoms. The van der Waals surface area contributed by atoms with E-state index in [1.165, 1.54) is 30.8 Å². The normalized spacial score (nSPS) is 14.4. The largest absolute Gasteiger partial charge is 0.430 e. The average molecular weight is 286 g/mol. The number of nitrogens with zero attached hydrogens (tertiary/aromatic N) is 4. The van der Waals surface area contributed by atoms with Crippen LogP contribution in [0.5, 0.6) is 10.9 Å². The van der Waals surface area contributed by atoms with Crippen molar-refractivity contribution in [3.8, 4) is 22.4 Å². The molecular formula is C13H10N4O2S. The van der Waals surface area contributed by atoms with Crippen molar-refractivity contribution < 1.29 is 9.15 Å². The van der Waals surface area contributed by atoms with Crippen molar-refractivity contribution in [2.24, 2.45) is 0 Å². The standard InChI is InChI=1S/C13H10N4O2S/c1-2-8(1)11-15-13(20-17-11)19-10-5-3-9(4-6-10)12-16-14-7-18-12/h3-8H,1-2H2. The molecule has 1 aliphatic rings. The van der Waals surface area contributed by atoms with Crippen LogP contribution in [0.1, 0.15) is 24.6 Å². The van der Waals surface area contributed by atoms with Gasteiger partial charge >= 0.3 is 0 Å². The maximum atomic E-state index is 5.69. The predicted octanol–water partition coefficient (Wildman–Crippen LogP) is 3.26. The lowest BCUT2D eigenvalue weighted by Crippen LogP contribution is -1.86. The quantitative estimate of drug-likeness (QED) is 0.733. The van der Waals surface area contributed by atoms with Gasteiger partial charge in [-0.3, -0.25) is 0 Å². The van der Waals surface area contributed by atoms with Crippen LogP contribution in [0.2, 0.25) is 0 Å². The van der Waals surface area contributed by atoms with E-state index in [1.54, 1.807) is 0 Å². The Labute approximate surface area is 118 Å². The van der Waals surface area contributed by atoms with Crippen LogP contribution in [0, 0.1) is 0 Å². The summed E-state index contributed by atoms with van der Waals surface area (Å²) in [5, 5.41) is 8.08. The zero-order valence-corrected chi connectivity index (χ0v) is 11.2. The Morgan fingerprint density at radius 3 is 2.75 bits per heavy atom. The van der Waals surface area contributed by atoms with E-state index in [-0.39, 0.29) is 0 Å². The SMILES string of the molecule is c1nnc(-c2ccc(Oc3nc(C4CC4)ns3)cc2)o1. The third-order valence-electron chi connectivity index (χ3n) is 3.03. The second kappa shape index (κ2) is 4.68. The fourth-order valence-corrected chi connectivity index (χ4v) is 2.46. The minimum absolute atomic E-state index is 0.489. The minimum Gasteiger partial charge on any atom is -0.430 e. The molecule has 1 aromatic carbocycles. The van der Waals surface area contributed by atoms with E-state index in [0.717, 1.165) is 11.4 Å². The molecular weight excluding hydrogens is 276 g/mol. The highest BCUT2D eigenvalue weighted by Crippen LogP contribution is 2.40. The van der Waals surface area contributed by atoms with Gasteiger partial charge in [0.25, 0.3) is 5.19 Å². The summed E-state index contributed by atoms with van der Waals surface area (Å²) >= 11 is 1.29. The number of hydrogen-bond acceptors (Lipinski definition) is 7. The zero-order chi connectivity index (χ0) is 13.4. The van der Waals surface area contributed by atoms with Crippen molar-refractivity contribution in [3.63, 3.8) is 0 Å². The first kappa shape index (κ1) is 11.5. The van der Waals surface area contributed by atoms with Gasteiger partial charge in [0.05, 0.1) is 0 Å². The third kappa shape index (κ3) is 2.27. The third-order valence-corrected chi connectivity index (χ3v) is 3.64. The van der Waals surface area contributed by atoms with Crippen molar-refractivity contribution in [1.29, 1.82) is 0 Å². The van der Waals surface area contributed by atoms with E-state index in [9.17, 15) is 0 Å². The molecule has 0 aliphatic heterocycles. The van der Waals surface area contributed by atoms with Gasteiger partial charge < -0.3 is 9.15 Å². The summed E-state index contributed by atoms with van der Waals surface area (Å²) in [7, 11) is 0. The molecule has 0 N–H and O–H groups in total. The Morgan fingerprint density at radius 1 is 1.20 bits per heavy atom. The fourth-order valence-electron chi connectivity index (χ4n) is 1.83. The van der Waals surface area contributed by atoms with Crippen molar-refractivity contribution >= 4 is 11.5 Å². The highest BCUT2D eigenvalue weighted by molar-refractivity contribution is 7.07. The topological polar surface area (TPSA) is 73.9 Å². The van der Waals surface area contributed by atoms with E-state index >= 15 is 0 Å². The molecule has 0 radical (unpaired) electrons. The van der Waals surface area contributed by atoms with E-state index < -0.39 is 0 Å². The Morgan fingerprint density at radius 2 is 2.05 bits per heavy atom. The van der Waals surface area contributed by atoms with Crippen LogP contribution in [0.3, 0.4) is 0 Å². The Hall–Kier alpha value is -2.28. The summed E-state index contributed by atoms with van der Waals surface area (Å²) in [5.41, 5.74) is 0.853. The van der Waals surface area contributed by atoms with Gasteiger partial charge in [0.2, 0.25) is 12.3 Å². The minimum atomic E-state index is 0.489. The zero-order valence-electron chi connectivity index (χ0n) is 10.4. The monoisotopic (exact) mass is 286 g/mol. The molecule has 100 valence electrons. The smallest absolute Gasteiger partial charge is 0.298 e. The molecule has 0 unspecified atom stereocenters. The summed E-state index contributed by atoms with van der Waals surface area (Å²) in [4.78, 5) is 4.38. The van der Waals surface area contributed by atoms with Crippen LogP contribution in [-0.2, 0) is 0 Å². The first-order valence-electron chi connectivity index (χ1n) is 6.26. The van der Waals surface area contributed by atoms with Gasteiger partial charge in [-0.25, -0.2) is 0 Å². The van der Waals surface area contributed by atoms with E-state index in [4.69, 9.17) is 9.15 Å². The van der Waals surface area contributed by atoms with Crippen LogP contribution in [0.25, 0.3) is 11.5 Å². The van der Waals surface area contributed by atoms with Crippen LogP contribution < -0.4 is 4.74 Å². The molecule has 7 heteroatoms.